The molecule has 1 unspecified atom stereocenters. The van der Waals surface area contributed by atoms with Gasteiger partial charge in [-0.1, -0.05) is 11.6 Å². The van der Waals surface area contributed by atoms with Crippen LogP contribution in [0.25, 0.3) is 0 Å². The molecular weight excluding hydrogens is 376 g/mol. The van der Waals surface area contributed by atoms with Crippen LogP contribution in [-0.2, 0) is 14.6 Å². The van der Waals surface area contributed by atoms with Crippen LogP contribution >= 0.6 is 11.6 Å². The average molecular weight is 403 g/mol. The SMILES string of the molecule is CCN(C(=O)CN(C)CCCOc1ccc(Cl)cc1)C1CCS(=O)(=O)C1. The maximum Gasteiger partial charge on any atom is 0.237 e. The van der Waals surface area contributed by atoms with Gasteiger partial charge >= 0.3 is 0 Å². The smallest absolute Gasteiger partial charge is 0.237 e. The number of benzene rings is 1. The van der Waals surface area contributed by atoms with Crippen LogP contribution in [0.4, 0.5) is 0 Å². The Morgan fingerprint density at radius 1 is 1.31 bits per heavy atom. The lowest BCUT2D eigenvalue weighted by Crippen LogP contribution is -2.45. The summed E-state index contributed by atoms with van der Waals surface area (Å²) in [5, 5.41) is 0.672. The Morgan fingerprint density at radius 2 is 2.00 bits per heavy atom. The summed E-state index contributed by atoms with van der Waals surface area (Å²) in [5.41, 5.74) is 0. The van der Waals surface area contributed by atoms with Gasteiger partial charge in [-0.15, -0.1) is 0 Å². The standard InChI is InChI=1S/C18H27ClN2O4S/c1-3-21(16-9-12-26(23,24)14-16)18(22)13-20(2)10-4-11-25-17-7-5-15(19)6-8-17/h5-8,16H,3-4,9-14H2,1-2H3. The van der Waals surface area contributed by atoms with E-state index < -0.39 is 9.84 Å². The van der Waals surface area contributed by atoms with Crippen LogP contribution < -0.4 is 4.74 Å². The highest BCUT2D eigenvalue weighted by molar-refractivity contribution is 7.91. The highest BCUT2D eigenvalue weighted by Gasteiger charge is 2.33. The van der Waals surface area contributed by atoms with Crippen LogP contribution in [0.1, 0.15) is 19.8 Å². The lowest BCUT2D eigenvalue weighted by molar-refractivity contribution is -0.133. The molecule has 0 radical (unpaired) electrons. The lowest BCUT2D eigenvalue weighted by atomic mass is 10.2. The van der Waals surface area contributed by atoms with Crippen molar-refractivity contribution in [2.45, 2.75) is 25.8 Å². The van der Waals surface area contributed by atoms with Crippen LogP contribution in [0.15, 0.2) is 24.3 Å². The van der Waals surface area contributed by atoms with Gasteiger partial charge in [-0.25, -0.2) is 8.42 Å². The summed E-state index contributed by atoms with van der Waals surface area (Å²) in [7, 11) is -1.10. The normalized spacial score (nSPS) is 18.8. The summed E-state index contributed by atoms with van der Waals surface area (Å²) in [6.07, 6.45) is 1.33. The molecule has 0 aliphatic carbocycles. The van der Waals surface area contributed by atoms with E-state index in [1.54, 1.807) is 17.0 Å². The fourth-order valence-electron chi connectivity index (χ4n) is 3.12. The molecule has 1 aliphatic rings. The van der Waals surface area contributed by atoms with Crippen LogP contribution in [0.2, 0.25) is 5.02 Å². The van der Waals surface area contributed by atoms with Gasteiger partial charge in [0, 0.05) is 24.2 Å². The minimum absolute atomic E-state index is 0.0179. The summed E-state index contributed by atoms with van der Waals surface area (Å²) >= 11 is 5.83. The maximum atomic E-state index is 12.5. The number of halogens is 1. The molecule has 1 atom stereocenters. The second-order valence-corrected chi connectivity index (χ2v) is 9.30. The van der Waals surface area contributed by atoms with Crippen molar-refractivity contribution in [1.29, 1.82) is 0 Å². The van der Waals surface area contributed by atoms with Crippen LogP contribution in [0.3, 0.4) is 0 Å². The van der Waals surface area contributed by atoms with Gasteiger partial charge in [-0.3, -0.25) is 9.69 Å². The third-order valence-corrected chi connectivity index (χ3v) is 6.48. The van der Waals surface area contributed by atoms with Gasteiger partial charge in [-0.05, 0) is 51.1 Å². The number of ether oxygens (including phenoxy) is 1. The number of sulfone groups is 1. The number of carbonyl (C=O) groups is 1. The zero-order chi connectivity index (χ0) is 19.2. The van der Waals surface area contributed by atoms with E-state index in [1.807, 2.05) is 31.0 Å². The van der Waals surface area contributed by atoms with Gasteiger partial charge in [-0.2, -0.15) is 0 Å². The van der Waals surface area contributed by atoms with Gasteiger partial charge in [0.1, 0.15) is 5.75 Å². The van der Waals surface area contributed by atoms with Gasteiger partial charge in [0.15, 0.2) is 9.84 Å². The Kier molecular flexibility index (Phi) is 7.73. The van der Waals surface area contributed by atoms with Crippen molar-refractivity contribution in [2.24, 2.45) is 0 Å². The van der Waals surface area contributed by atoms with Crippen molar-refractivity contribution < 1.29 is 17.9 Å². The number of hydrogen-bond acceptors (Lipinski definition) is 5. The second kappa shape index (κ2) is 9.58. The van der Waals surface area contributed by atoms with Crippen LogP contribution in [0, 0.1) is 0 Å². The van der Waals surface area contributed by atoms with Gasteiger partial charge in [0.05, 0.1) is 24.7 Å². The average Bonchev–Trinajstić information content (AvgIpc) is 2.93. The fraction of sp³-hybridized carbons (Fsp3) is 0.611. The molecule has 1 aliphatic heterocycles. The molecule has 8 heteroatoms. The molecule has 2 rings (SSSR count). The Bertz CT molecular complexity index is 694. The van der Waals surface area contributed by atoms with Crippen LogP contribution in [0.5, 0.6) is 5.75 Å². The van der Waals surface area contributed by atoms with E-state index >= 15 is 0 Å². The lowest BCUT2D eigenvalue weighted by Gasteiger charge is -2.29. The fourth-order valence-corrected chi connectivity index (χ4v) is 4.97. The molecule has 146 valence electrons. The molecule has 0 aromatic heterocycles. The van der Waals surface area contributed by atoms with E-state index in [4.69, 9.17) is 16.3 Å². The Labute approximate surface area is 161 Å². The predicted octanol–water partition coefficient (Wildman–Crippen LogP) is 2.08. The Hall–Kier alpha value is -1.31. The quantitative estimate of drug-likeness (QED) is 0.591. The van der Waals surface area contributed by atoms with E-state index in [1.165, 1.54) is 0 Å². The van der Waals surface area contributed by atoms with E-state index in [0.29, 0.717) is 24.6 Å². The zero-order valence-corrected chi connectivity index (χ0v) is 16.9. The third kappa shape index (κ3) is 6.45. The predicted molar refractivity (Wildman–Crippen MR) is 104 cm³/mol. The number of likely N-dealkylation sites (N-methyl/N-ethyl adjacent to an activating group) is 2. The first kappa shape index (κ1) is 21.0. The summed E-state index contributed by atoms with van der Waals surface area (Å²) in [6.45, 7) is 3.99. The van der Waals surface area contributed by atoms with Crippen molar-refractivity contribution >= 4 is 27.3 Å². The molecule has 1 heterocycles. The van der Waals surface area contributed by atoms with Crippen molar-refractivity contribution in [2.75, 3.05) is 44.8 Å². The summed E-state index contributed by atoms with van der Waals surface area (Å²) in [6, 6.07) is 7.03. The number of carbonyl (C=O) groups excluding carboxylic acids is 1. The molecule has 26 heavy (non-hydrogen) atoms. The summed E-state index contributed by atoms with van der Waals surface area (Å²) in [5.74, 6) is 1.02. The van der Waals surface area contributed by atoms with Crippen LogP contribution in [-0.4, -0.2) is 75.0 Å². The van der Waals surface area contributed by atoms with E-state index in [-0.39, 0.29) is 30.0 Å². The minimum Gasteiger partial charge on any atom is -0.494 e. The summed E-state index contributed by atoms with van der Waals surface area (Å²) < 4.78 is 28.9. The Morgan fingerprint density at radius 3 is 2.58 bits per heavy atom. The molecule has 0 bridgehead atoms. The zero-order valence-electron chi connectivity index (χ0n) is 15.4. The summed E-state index contributed by atoms with van der Waals surface area (Å²) in [4.78, 5) is 16.2. The third-order valence-electron chi connectivity index (χ3n) is 4.48. The van der Waals surface area contributed by atoms with Crippen molar-refractivity contribution in [3.05, 3.63) is 29.3 Å². The number of nitrogens with zero attached hydrogens (tertiary/aromatic N) is 2. The number of hydrogen-bond donors (Lipinski definition) is 0. The van der Waals surface area contributed by atoms with Crippen molar-refractivity contribution in [3.63, 3.8) is 0 Å². The number of amides is 1. The molecule has 1 aromatic rings. The van der Waals surface area contributed by atoms with E-state index in [2.05, 4.69) is 0 Å². The Balaban J connectivity index is 1.71. The monoisotopic (exact) mass is 402 g/mol. The molecule has 0 N–H and O–H groups in total. The van der Waals surface area contributed by atoms with Gasteiger partial charge in [0.2, 0.25) is 5.91 Å². The molecule has 0 spiro atoms. The molecule has 1 aromatic carbocycles. The van der Waals surface area contributed by atoms with Crippen molar-refractivity contribution in [1.82, 2.24) is 9.80 Å². The van der Waals surface area contributed by atoms with E-state index in [0.717, 1.165) is 18.7 Å². The highest BCUT2D eigenvalue weighted by atomic mass is 35.5. The molecule has 1 fully saturated rings. The largest absolute Gasteiger partial charge is 0.494 e. The first-order chi connectivity index (χ1) is 12.3. The second-order valence-electron chi connectivity index (χ2n) is 6.63. The highest BCUT2D eigenvalue weighted by Crippen LogP contribution is 2.18. The molecule has 1 saturated heterocycles. The first-order valence-electron chi connectivity index (χ1n) is 8.87. The van der Waals surface area contributed by atoms with Gasteiger partial charge < -0.3 is 9.64 Å². The minimum atomic E-state index is -2.99. The molecule has 1 amide bonds. The first-order valence-corrected chi connectivity index (χ1v) is 11.1. The van der Waals surface area contributed by atoms with E-state index in [9.17, 15) is 13.2 Å². The number of rotatable bonds is 9. The topological polar surface area (TPSA) is 66.9 Å². The molecule has 0 saturated carbocycles. The molecular formula is C18H27ClN2O4S. The maximum absolute atomic E-state index is 12.5. The van der Waals surface area contributed by atoms with Gasteiger partial charge in [0.25, 0.3) is 0 Å². The van der Waals surface area contributed by atoms with Crippen molar-refractivity contribution in [3.8, 4) is 5.75 Å². The molecule has 6 nitrogen and oxygen atoms in total.